The number of unbranched alkanes of at least 4 members (excludes halogenated alkanes) is 1. The zero-order chi connectivity index (χ0) is 20.8. The number of rotatable bonds is 8. The molecule has 1 aromatic heterocycles. The van der Waals surface area contributed by atoms with Crippen LogP contribution in [0.25, 0.3) is 0 Å². The van der Waals surface area contributed by atoms with Crippen molar-refractivity contribution in [2.45, 2.75) is 54.8 Å². The Morgan fingerprint density at radius 3 is 2.79 bits per heavy atom. The van der Waals surface area contributed by atoms with E-state index in [0.717, 1.165) is 42.5 Å². The number of nitrogens with zero attached hydrogens (tertiary/aromatic N) is 3. The van der Waals surface area contributed by atoms with E-state index in [9.17, 15) is 14.9 Å². The van der Waals surface area contributed by atoms with Crippen LogP contribution in [0.4, 0.5) is 5.69 Å². The molecule has 9 heteroatoms. The van der Waals surface area contributed by atoms with Crippen LogP contribution in [-0.2, 0) is 0 Å². The summed E-state index contributed by atoms with van der Waals surface area (Å²) in [5.41, 5.74) is 1.14. The lowest BCUT2D eigenvalue weighted by molar-refractivity contribution is -0.387. The average Bonchev–Trinajstić information content (AvgIpc) is 3.12. The summed E-state index contributed by atoms with van der Waals surface area (Å²) < 4.78 is 0.748. The Bertz CT molecular complexity index is 863. The van der Waals surface area contributed by atoms with Crippen LogP contribution >= 0.6 is 23.1 Å². The summed E-state index contributed by atoms with van der Waals surface area (Å²) in [6.07, 6.45) is 4.21. The lowest BCUT2D eigenvalue weighted by atomic mass is 10.0. The summed E-state index contributed by atoms with van der Waals surface area (Å²) >= 11 is 2.70. The number of nitrogens with one attached hydrogen (secondary N) is 1. The van der Waals surface area contributed by atoms with E-state index in [2.05, 4.69) is 22.1 Å². The SMILES string of the molecule is CCCCN1CCC(NC(=O)c2ccc(Sc3nc(C)cs3)c([N+](=O)[O-])c2)CC1. The van der Waals surface area contributed by atoms with Crippen molar-refractivity contribution in [3.8, 4) is 0 Å². The van der Waals surface area contributed by atoms with Gasteiger partial charge >= 0.3 is 0 Å². The van der Waals surface area contributed by atoms with Crippen molar-refractivity contribution in [1.29, 1.82) is 0 Å². The van der Waals surface area contributed by atoms with Crippen molar-refractivity contribution in [2.24, 2.45) is 0 Å². The van der Waals surface area contributed by atoms with Crippen molar-refractivity contribution in [2.75, 3.05) is 19.6 Å². The summed E-state index contributed by atoms with van der Waals surface area (Å²) in [6, 6.07) is 4.78. The molecule has 0 spiro atoms. The molecule has 1 aliphatic heterocycles. The van der Waals surface area contributed by atoms with Gasteiger partial charge in [0.1, 0.15) is 0 Å². The molecule has 1 amide bonds. The Morgan fingerprint density at radius 1 is 1.41 bits per heavy atom. The molecular weight excluding hydrogens is 408 g/mol. The Hall–Kier alpha value is -1.97. The highest BCUT2D eigenvalue weighted by Crippen LogP contribution is 2.36. The third-order valence-corrected chi connectivity index (χ3v) is 7.09. The number of aromatic nitrogens is 1. The summed E-state index contributed by atoms with van der Waals surface area (Å²) in [5, 5.41) is 16.5. The summed E-state index contributed by atoms with van der Waals surface area (Å²) in [7, 11) is 0. The number of amides is 1. The normalized spacial score (nSPS) is 15.4. The summed E-state index contributed by atoms with van der Waals surface area (Å²) in [6.45, 7) is 7.15. The van der Waals surface area contributed by atoms with E-state index >= 15 is 0 Å². The fourth-order valence-electron chi connectivity index (χ4n) is 3.31. The first kappa shape index (κ1) is 21.7. The average molecular weight is 435 g/mol. The molecule has 0 aliphatic carbocycles. The summed E-state index contributed by atoms with van der Waals surface area (Å²) in [5.74, 6) is -0.248. The number of thiazole rings is 1. The number of hydrogen-bond acceptors (Lipinski definition) is 7. The molecular formula is C20H26N4O3S2. The number of nitro groups is 1. The second-order valence-electron chi connectivity index (χ2n) is 7.24. The predicted octanol–water partition coefficient (Wildman–Crippen LogP) is 4.51. The molecule has 1 fully saturated rings. The van der Waals surface area contributed by atoms with E-state index in [0.29, 0.717) is 10.5 Å². The van der Waals surface area contributed by atoms with Gasteiger partial charge in [0, 0.05) is 41.8 Å². The zero-order valence-corrected chi connectivity index (χ0v) is 18.4. The van der Waals surface area contributed by atoms with Crippen LogP contribution in [0.15, 0.2) is 32.8 Å². The molecule has 3 rings (SSSR count). The highest BCUT2D eigenvalue weighted by atomic mass is 32.2. The van der Waals surface area contributed by atoms with Crippen molar-refractivity contribution >= 4 is 34.7 Å². The number of benzene rings is 1. The van der Waals surface area contributed by atoms with Gasteiger partial charge in [0.25, 0.3) is 11.6 Å². The number of carbonyl (C=O) groups is 1. The standard InChI is InChI=1S/C20H26N4O3S2/c1-3-4-9-23-10-7-16(8-11-23)22-19(25)15-5-6-18(17(12-15)24(26)27)29-20-21-14(2)13-28-20/h5-6,12-13,16H,3-4,7-11H2,1-2H3,(H,22,25). The quantitative estimate of drug-likeness (QED) is 0.486. The Balaban J connectivity index is 1.63. The van der Waals surface area contributed by atoms with E-state index in [4.69, 9.17) is 0 Å². The maximum absolute atomic E-state index is 12.6. The predicted molar refractivity (Wildman–Crippen MR) is 116 cm³/mol. The van der Waals surface area contributed by atoms with E-state index in [1.54, 1.807) is 12.1 Å². The first-order chi connectivity index (χ1) is 14.0. The fourth-order valence-corrected chi connectivity index (χ4v) is 5.19. The Morgan fingerprint density at radius 2 is 2.17 bits per heavy atom. The lowest BCUT2D eigenvalue weighted by Gasteiger charge is -2.32. The third-order valence-electron chi connectivity index (χ3n) is 4.96. The number of aryl methyl sites for hydroxylation is 1. The maximum Gasteiger partial charge on any atom is 0.284 e. The molecule has 0 unspecified atom stereocenters. The van der Waals surface area contributed by atoms with Crippen LogP contribution in [0, 0.1) is 17.0 Å². The number of carbonyl (C=O) groups excluding carboxylic acids is 1. The van der Waals surface area contributed by atoms with Crippen LogP contribution in [0.3, 0.4) is 0 Å². The smallest absolute Gasteiger partial charge is 0.284 e. The molecule has 29 heavy (non-hydrogen) atoms. The van der Waals surface area contributed by atoms with Crippen molar-refractivity contribution in [1.82, 2.24) is 15.2 Å². The van der Waals surface area contributed by atoms with E-state index in [1.807, 2.05) is 12.3 Å². The molecule has 1 aromatic carbocycles. The van der Waals surface area contributed by atoms with Gasteiger partial charge in [-0.2, -0.15) is 0 Å². The van der Waals surface area contributed by atoms with Gasteiger partial charge in [-0.25, -0.2) is 4.98 Å². The molecule has 1 N–H and O–H groups in total. The molecule has 1 aliphatic rings. The zero-order valence-electron chi connectivity index (χ0n) is 16.7. The van der Waals surface area contributed by atoms with Gasteiger partial charge in [0.2, 0.25) is 0 Å². The van der Waals surface area contributed by atoms with Gasteiger partial charge in [-0.15, -0.1) is 11.3 Å². The number of hydrogen-bond donors (Lipinski definition) is 1. The molecule has 1 saturated heterocycles. The molecule has 2 heterocycles. The van der Waals surface area contributed by atoms with Crippen molar-refractivity contribution in [3.63, 3.8) is 0 Å². The van der Waals surface area contributed by atoms with Gasteiger partial charge in [-0.1, -0.05) is 25.1 Å². The van der Waals surface area contributed by atoms with Crippen LogP contribution in [0.1, 0.15) is 48.7 Å². The topological polar surface area (TPSA) is 88.4 Å². The minimum absolute atomic E-state index is 0.0649. The van der Waals surface area contributed by atoms with Gasteiger partial charge in [-0.05, 0) is 44.9 Å². The summed E-state index contributed by atoms with van der Waals surface area (Å²) in [4.78, 5) is 31.0. The molecule has 0 saturated carbocycles. The van der Waals surface area contributed by atoms with Gasteiger partial charge in [0.15, 0.2) is 4.34 Å². The van der Waals surface area contributed by atoms with Crippen molar-refractivity contribution in [3.05, 3.63) is 45.0 Å². The van der Waals surface area contributed by atoms with Crippen LogP contribution in [0.2, 0.25) is 0 Å². The molecule has 0 atom stereocenters. The first-order valence-corrected chi connectivity index (χ1v) is 11.6. The minimum Gasteiger partial charge on any atom is -0.349 e. The Labute approximate surface area is 179 Å². The van der Waals surface area contributed by atoms with E-state index < -0.39 is 4.92 Å². The maximum atomic E-state index is 12.6. The second-order valence-corrected chi connectivity index (χ2v) is 9.39. The van der Waals surface area contributed by atoms with E-state index in [1.165, 1.54) is 42.0 Å². The first-order valence-electron chi connectivity index (χ1n) is 9.88. The molecule has 0 bridgehead atoms. The minimum atomic E-state index is -0.439. The molecule has 7 nitrogen and oxygen atoms in total. The number of piperidine rings is 1. The number of likely N-dealkylation sites (tertiary alicyclic amines) is 1. The molecule has 156 valence electrons. The second kappa shape index (κ2) is 10.2. The highest BCUT2D eigenvalue weighted by Gasteiger charge is 2.23. The third kappa shape index (κ3) is 6.01. The van der Waals surface area contributed by atoms with Crippen molar-refractivity contribution < 1.29 is 9.72 Å². The van der Waals surface area contributed by atoms with Crippen LogP contribution in [-0.4, -0.2) is 46.4 Å². The van der Waals surface area contributed by atoms with Gasteiger partial charge < -0.3 is 10.2 Å². The largest absolute Gasteiger partial charge is 0.349 e. The Kier molecular flexibility index (Phi) is 7.63. The van der Waals surface area contributed by atoms with Crippen LogP contribution < -0.4 is 5.32 Å². The number of nitro benzene ring substituents is 1. The molecule has 2 aromatic rings. The van der Waals surface area contributed by atoms with Crippen LogP contribution in [0.5, 0.6) is 0 Å². The highest BCUT2D eigenvalue weighted by molar-refractivity contribution is 8.01. The lowest BCUT2D eigenvalue weighted by Crippen LogP contribution is -2.44. The fraction of sp³-hybridized carbons (Fsp3) is 0.500. The van der Waals surface area contributed by atoms with Gasteiger partial charge in [0.05, 0.1) is 9.82 Å². The van der Waals surface area contributed by atoms with Gasteiger partial charge in [-0.3, -0.25) is 14.9 Å². The molecule has 0 radical (unpaired) electrons. The van der Waals surface area contributed by atoms with E-state index in [-0.39, 0.29) is 17.6 Å². The monoisotopic (exact) mass is 434 g/mol.